The number of aromatic nitrogens is 2. The summed E-state index contributed by atoms with van der Waals surface area (Å²) >= 11 is 0. The lowest BCUT2D eigenvalue weighted by atomic mass is 10.1. The van der Waals surface area contributed by atoms with Crippen LogP contribution in [0.3, 0.4) is 0 Å². The van der Waals surface area contributed by atoms with E-state index in [-0.39, 0.29) is 17.0 Å². The second-order valence-corrected chi connectivity index (χ2v) is 5.86. The number of carbonyl (C=O) groups is 2. The van der Waals surface area contributed by atoms with Gasteiger partial charge in [0.2, 0.25) is 0 Å². The van der Waals surface area contributed by atoms with Crippen molar-refractivity contribution in [2.24, 2.45) is 0 Å². The molecule has 1 heterocycles. The van der Waals surface area contributed by atoms with Gasteiger partial charge in [0.1, 0.15) is 22.9 Å². The maximum Gasteiger partial charge on any atom is 0.356 e. The van der Waals surface area contributed by atoms with Crippen molar-refractivity contribution in [3.63, 3.8) is 0 Å². The Bertz CT molecular complexity index is 1070. The Morgan fingerprint density at radius 2 is 1.48 bits per heavy atom. The van der Waals surface area contributed by atoms with E-state index in [1.807, 2.05) is 0 Å². The number of rotatable bonds is 7. The zero-order chi connectivity index (χ0) is 21.1. The SMILES string of the molecule is COc1cc(C(=O)O)ccc1-n1nc(C(=O)O)cc1-c1c(OC)cccc1OC. The molecule has 2 aromatic carbocycles. The quantitative estimate of drug-likeness (QED) is 0.623. The molecule has 150 valence electrons. The number of hydrogen-bond acceptors (Lipinski definition) is 6. The molecule has 0 saturated heterocycles. The highest BCUT2D eigenvalue weighted by Crippen LogP contribution is 2.40. The first-order chi connectivity index (χ1) is 13.9. The first-order valence-electron chi connectivity index (χ1n) is 8.37. The molecule has 0 atom stereocenters. The minimum Gasteiger partial charge on any atom is -0.496 e. The van der Waals surface area contributed by atoms with Crippen LogP contribution in [0, 0.1) is 0 Å². The minimum absolute atomic E-state index is 0.0210. The molecule has 3 rings (SSSR count). The molecule has 3 aromatic rings. The highest BCUT2D eigenvalue weighted by Gasteiger charge is 2.24. The summed E-state index contributed by atoms with van der Waals surface area (Å²) < 4.78 is 17.6. The van der Waals surface area contributed by atoms with E-state index in [2.05, 4.69) is 5.10 Å². The third kappa shape index (κ3) is 3.57. The fourth-order valence-corrected chi connectivity index (χ4v) is 2.94. The number of nitrogens with zero attached hydrogens (tertiary/aromatic N) is 2. The van der Waals surface area contributed by atoms with Crippen molar-refractivity contribution < 1.29 is 34.0 Å². The van der Waals surface area contributed by atoms with Crippen molar-refractivity contribution in [3.05, 3.63) is 53.7 Å². The van der Waals surface area contributed by atoms with Crippen LogP contribution >= 0.6 is 0 Å². The lowest BCUT2D eigenvalue weighted by Gasteiger charge is -2.16. The van der Waals surface area contributed by atoms with Gasteiger partial charge in [-0.3, -0.25) is 0 Å². The predicted molar refractivity (Wildman–Crippen MR) is 103 cm³/mol. The lowest BCUT2D eigenvalue weighted by molar-refractivity contribution is 0.0682. The molecule has 0 bridgehead atoms. The number of hydrogen-bond donors (Lipinski definition) is 2. The van der Waals surface area contributed by atoms with Crippen LogP contribution in [0.2, 0.25) is 0 Å². The van der Waals surface area contributed by atoms with Gasteiger partial charge in [-0.05, 0) is 36.4 Å². The third-order valence-corrected chi connectivity index (χ3v) is 4.27. The number of carboxylic acids is 2. The van der Waals surface area contributed by atoms with Crippen molar-refractivity contribution in [1.29, 1.82) is 0 Å². The standard InChI is InChI=1S/C20H18N2O7/c1-27-15-5-4-6-16(28-2)18(15)14-10-12(20(25)26)21-22(14)13-8-7-11(19(23)24)9-17(13)29-3/h4-10H,1-3H3,(H,23,24)(H,25,26). The molecule has 2 N–H and O–H groups in total. The fourth-order valence-electron chi connectivity index (χ4n) is 2.94. The summed E-state index contributed by atoms with van der Waals surface area (Å²) in [5.74, 6) is -1.24. The molecule has 0 saturated carbocycles. The smallest absolute Gasteiger partial charge is 0.356 e. The Labute approximate surface area is 165 Å². The third-order valence-electron chi connectivity index (χ3n) is 4.27. The molecular formula is C20H18N2O7. The van der Waals surface area contributed by atoms with Gasteiger partial charge >= 0.3 is 11.9 Å². The second-order valence-electron chi connectivity index (χ2n) is 5.86. The highest BCUT2D eigenvalue weighted by atomic mass is 16.5. The van der Waals surface area contributed by atoms with Crippen molar-refractivity contribution >= 4 is 11.9 Å². The Morgan fingerprint density at radius 1 is 0.862 bits per heavy atom. The first-order valence-corrected chi connectivity index (χ1v) is 8.37. The summed E-state index contributed by atoms with van der Waals surface area (Å²) in [5.41, 5.74) is 1.03. The van der Waals surface area contributed by atoms with E-state index in [1.165, 1.54) is 50.3 Å². The van der Waals surface area contributed by atoms with E-state index in [1.54, 1.807) is 18.2 Å². The van der Waals surface area contributed by atoms with Crippen LogP contribution in [-0.2, 0) is 0 Å². The first kappa shape index (κ1) is 19.7. The molecule has 0 unspecified atom stereocenters. The molecule has 0 amide bonds. The van der Waals surface area contributed by atoms with E-state index in [0.29, 0.717) is 28.4 Å². The normalized spacial score (nSPS) is 10.4. The molecule has 0 aliphatic carbocycles. The van der Waals surface area contributed by atoms with Crippen LogP contribution in [0.1, 0.15) is 20.8 Å². The van der Waals surface area contributed by atoms with E-state index in [9.17, 15) is 19.8 Å². The minimum atomic E-state index is -1.22. The molecule has 9 nitrogen and oxygen atoms in total. The largest absolute Gasteiger partial charge is 0.496 e. The number of benzene rings is 2. The molecule has 0 fully saturated rings. The van der Waals surface area contributed by atoms with E-state index in [4.69, 9.17) is 14.2 Å². The Balaban J connectivity index is 2.34. The van der Waals surface area contributed by atoms with Crippen LogP contribution in [0.4, 0.5) is 0 Å². The summed E-state index contributed by atoms with van der Waals surface area (Å²) in [4.78, 5) is 22.9. The van der Waals surface area contributed by atoms with Gasteiger partial charge < -0.3 is 24.4 Å². The van der Waals surface area contributed by atoms with Gasteiger partial charge in [-0.25, -0.2) is 14.3 Å². The van der Waals surface area contributed by atoms with Crippen LogP contribution in [0.15, 0.2) is 42.5 Å². The van der Waals surface area contributed by atoms with Crippen LogP contribution < -0.4 is 14.2 Å². The molecule has 0 aliphatic heterocycles. The topological polar surface area (TPSA) is 120 Å². The van der Waals surface area contributed by atoms with Crippen molar-refractivity contribution in [2.75, 3.05) is 21.3 Å². The predicted octanol–water partition coefficient (Wildman–Crippen LogP) is 2.96. The van der Waals surface area contributed by atoms with Gasteiger partial charge in [0, 0.05) is 0 Å². The zero-order valence-electron chi connectivity index (χ0n) is 15.9. The van der Waals surface area contributed by atoms with Crippen molar-refractivity contribution in [3.8, 4) is 34.2 Å². The van der Waals surface area contributed by atoms with Gasteiger partial charge in [-0.2, -0.15) is 5.10 Å². The molecule has 9 heteroatoms. The Kier molecular flexibility index (Phi) is 5.40. The summed E-state index contributed by atoms with van der Waals surface area (Å²) in [6.45, 7) is 0. The highest BCUT2D eigenvalue weighted by molar-refractivity contribution is 5.90. The Morgan fingerprint density at radius 3 is 2.00 bits per heavy atom. The number of carboxylic acid groups (broad SMARTS) is 2. The van der Waals surface area contributed by atoms with Gasteiger partial charge in [-0.1, -0.05) is 6.07 Å². The average Bonchev–Trinajstić information content (AvgIpc) is 3.17. The van der Waals surface area contributed by atoms with Gasteiger partial charge in [0.05, 0.1) is 38.2 Å². The summed E-state index contributed by atoms with van der Waals surface area (Å²) in [5, 5.41) is 22.9. The van der Waals surface area contributed by atoms with Gasteiger partial charge in [-0.15, -0.1) is 0 Å². The maximum absolute atomic E-state index is 11.6. The molecule has 0 radical (unpaired) electrons. The fraction of sp³-hybridized carbons (Fsp3) is 0.150. The summed E-state index contributed by atoms with van der Waals surface area (Å²) in [7, 11) is 4.36. The van der Waals surface area contributed by atoms with Crippen molar-refractivity contribution in [1.82, 2.24) is 9.78 Å². The molecule has 29 heavy (non-hydrogen) atoms. The number of ether oxygens (including phenoxy) is 3. The maximum atomic E-state index is 11.6. The average molecular weight is 398 g/mol. The molecule has 0 spiro atoms. The van der Waals surface area contributed by atoms with Crippen LogP contribution in [0.5, 0.6) is 17.2 Å². The summed E-state index contributed by atoms with van der Waals surface area (Å²) in [6, 6.07) is 10.7. The lowest BCUT2D eigenvalue weighted by Crippen LogP contribution is -2.06. The van der Waals surface area contributed by atoms with Crippen LogP contribution in [0.25, 0.3) is 16.9 Å². The van der Waals surface area contributed by atoms with Gasteiger partial charge in [0.25, 0.3) is 0 Å². The van der Waals surface area contributed by atoms with E-state index in [0.717, 1.165) is 0 Å². The number of methoxy groups -OCH3 is 3. The zero-order valence-corrected chi connectivity index (χ0v) is 15.9. The monoisotopic (exact) mass is 398 g/mol. The van der Waals surface area contributed by atoms with Crippen LogP contribution in [-0.4, -0.2) is 53.3 Å². The Hall–Kier alpha value is -4.01. The van der Waals surface area contributed by atoms with Crippen molar-refractivity contribution in [2.45, 2.75) is 0 Å². The second kappa shape index (κ2) is 7.93. The van der Waals surface area contributed by atoms with E-state index >= 15 is 0 Å². The molecule has 1 aromatic heterocycles. The van der Waals surface area contributed by atoms with E-state index < -0.39 is 11.9 Å². The van der Waals surface area contributed by atoms with Gasteiger partial charge in [0.15, 0.2) is 5.69 Å². The number of aromatic carboxylic acids is 2. The molecular weight excluding hydrogens is 380 g/mol. The molecule has 0 aliphatic rings. The summed E-state index contributed by atoms with van der Waals surface area (Å²) in [6.07, 6.45) is 0.